The smallest absolute Gasteiger partial charge is 0.246 e. The zero-order chi connectivity index (χ0) is 9.97. The van der Waals surface area contributed by atoms with Crippen LogP contribution in [-0.2, 0) is 0 Å². The minimum absolute atomic E-state index is 0.390. The predicted octanol–water partition coefficient (Wildman–Crippen LogP) is 2.25. The fourth-order valence-electron chi connectivity index (χ4n) is 1.10. The summed E-state index contributed by atoms with van der Waals surface area (Å²) in [5.74, 6) is 0.897. The Balaban J connectivity index is 2.31. The van der Waals surface area contributed by atoms with E-state index in [2.05, 4.69) is 28.8 Å². The molecule has 0 aliphatic heterocycles. The van der Waals surface area contributed by atoms with Gasteiger partial charge in [0.05, 0.1) is 18.1 Å². The Morgan fingerprint density at radius 2 is 2.00 bits per heavy atom. The molecule has 0 aliphatic rings. The first kappa shape index (κ1) is 8.87. The Labute approximate surface area is 82.0 Å². The van der Waals surface area contributed by atoms with Crippen LogP contribution in [-0.4, -0.2) is 15.0 Å². The molecule has 0 bridgehead atoms. The van der Waals surface area contributed by atoms with Gasteiger partial charge in [0.1, 0.15) is 12.0 Å². The van der Waals surface area contributed by atoms with Crippen molar-refractivity contribution in [3.05, 3.63) is 30.5 Å². The Morgan fingerprint density at radius 3 is 2.50 bits per heavy atom. The molecule has 0 spiro atoms. The SMILES string of the molecule is CC(C)c1cnc(-c2ncco2)cn1. The molecule has 2 heterocycles. The van der Waals surface area contributed by atoms with Crippen molar-refractivity contribution in [2.45, 2.75) is 19.8 Å². The normalized spacial score (nSPS) is 10.8. The molecule has 0 amide bonds. The molecule has 0 fully saturated rings. The van der Waals surface area contributed by atoms with Crippen LogP contribution in [0.1, 0.15) is 25.5 Å². The number of nitrogens with zero attached hydrogens (tertiary/aromatic N) is 3. The number of rotatable bonds is 2. The lowest BCUT2D eigenvalue weighted by Gasteiger charge is -2.02. The molecule has 2 aromatic heterocycles. The Morgan fingerprint density at radius 1 is 1.14 bits per heavy atom. The van der Waals surface area contributed by atoms with E-state index in [0.717, 1.165) is 5.69 Å². The van der Waals surface area contributed by atoms with Gasteiger partial charge in [0.2, 0.25) is 5.89 Å². The third-order valence-corrected chi connectivity index (χ3v) is 1.91. The largest absolute Gasteiger partial charge is 0.443 e. The zero-order valence-electron chi connectivity index (χ0n) is 8.14. The number of hydrogen-bond acceptors (Lipinski definition) is 4. The minimum atomic E-state index is 0.390. The van der Waals surface area contributed by atoms with Crippen LogP contribution in [0.5, 0.6) is 0 Å². The van der Waals surface area contributed by atoms with Crippen LogP contribution < -0.4 is 0 Å². The first-order valence-corrected chi connectivity index (χ1v) is 4.49. The fraction of sp³-hybridized carbons (Fsp3) is 0.300. The highest BCUT2D eigenvalue weighted by atomic mass is 16.3. The van der Waals surface area contributed by atoms with E-state index in [1.807, 2.05) is 0 Å². The van der Waals surface area contributed by atoms with Crippen LogP contribution in [0.2, 0.25) is 0 Å². The standard InChI is InChI=1S/C10H11N3O/c1-7(2)8-5-13-9(6-12-8)10-11-3-4-14-10/h3-7H,1-2H3. The van der Waals surface area contributed by atoms with Crippen molar-refractivity contribution >= 4 is 0 Å². The molecule has 14 heavy (non-hydrogen) atoms. The summed E-state index contributed by atoms with van der Waals surface area (Å²) < 4.78 is 5.11. The molecular formula is C10H11N3O. The van der Waals surface area contributed by atoms with Gasteiger partial charge in [-0.25, -0.2) is 9.97 Å². The summed E-state index contributed by atoms with van der Waals surface area (Å²) in [7, 11) is 0. The maximum atomic E-state index is 5.11. The highest BCUT2D eigenvalue weighted by molar-refractivity contribution is 5.43. The molecule has 2 rings (SSSR count). The number of aromatic nitrogens is 3. The molecule has 0 aromatic carbocycles. The van der Waals surface area contributed by atoms with Gasteiger partial charge in [0, 0.05) is 6.20 Å². The van der Waals surface area contributed by atoms with Crippen molar-refractivity contribution in [1.82, 2.24) is 15.0 Å². The average molecular weight is 189 g/mol. The lowest BCUT2D eigenvalue weighted by Crippen LogP contribution is -1.94. The van der Waals surface area contributed by atoms with Gasteiger partial charge < -0.3 is 4.42 Å². The summed E-state index contributed by atoms with van der Waals surface area (Å²) in [6, 6.07) is 0. The molecule has 0 radical (unpaired) electrons. The molecule has 2 aromatic rings. The summed E-state index contributed by atoms with van der Waals surface area (Å²) in [4.78, 5) is 12.5. The zero-order valence-corrected chi connectivity index (χ0v) is 8.14. The second-order valence-electron chi connectivity index (χ2n) is 3.32. The molecule has 4 nitrogen and oxygen atoms in total. The van der Waals surface area contributed by atoms with E-state index in [4.69, 9.17) is 4.42 Å². The van der Waals surface area contributed by atoms with E-state index in [0.29, 0.717) is 17.5 Å². The molecule has 72 valence electrons. The van der Waals surface area contributed by atoms with Gasteiger partial charge in [0.15, 0.2) is 0 Å². The third-order valence-electron chi connectivity index (χ3n) is 1.91. The third kappa shape index (κ3) is 1.64. The van der Waals surface area contributed by atoms with E-state index in [1.54, 1.807) is 18.6 Å². The predicted molar refractivity (Wildman–Crippen MR) is 51.6 cm³/mol. The molecule has 0 unspecified atom stereocenters. The molecule has 0 saturated heterocycles. The quantitative estimate of drug-likeness (QED) is 0.727. The maximum Gasteiger partial charge on any atom is 0.246 e. The van der Waals surface area contributed by atoms with E-state index in [-0.39, 0.29) is 0 Å². The number of oxazole rings is 1. The van der Waals surface area contributed by atoms with Crippen molar-refractivity contribution in [2.24, 2.45) is 0 Å². The van der Waals surface area contributed by atoms with Gasteiger partial charge in [-0.05, 0) is 5.92 Å². The van der Waals surface area contributed by atoms with Crippen molar-refractivity contribution < 1.29 is 4.42 Å². The van der Waals surface area contributed by atoms with Gasteiger partial charge in [-0.2, -0.15) is 0 Å². The van der Waals surface area contributed by atoms with Crippen LogP contribution in [0.15, 0.2) is 29.3 Å². The molecule has 4 heteroatoms. The Kier molecular flexibility index (Phi) is 2.26. The first-order chi connectivity index (χ1) is 6.77. The van der Waals surface area contributed by atoms with E-state index in [9.17, 15) is 0 Å². The summed E-state index contributed by atoms with van der Waals surface area (Å²) in [6.07, 6.45) is 6.55. The lowest BCUT2D eigenvalue weighted by molar-refractivity contribution is 0.571. The van der Waals surface area contributed by atoms with Crippen LogP contribution in [0.4, 0.5) is 0 Å². The van der Waals surface area contributed by atoms with Gasteiger partial charge in [-0.3, -0.25) is 4.98 Å². The molecular weight excluding hydrogens is 178 g/mol. The van der Waals surface area contributed by atoms with E-state index in [1.165, 1.54) is 6.26 Å². The van der Waals surface area contributed by atoms with E-state index < -0.39 is 0 Å². The van der Waals surface area contributed by atoms with Crippen molar-refractivity contribution in [3.63, 3.8) is 0 Å². The minimum Gasteiger partial charge on any atom is -0.443 e. The first-order valence-electron chi connectivity index (χ1n) is 4.49. The van der Waals surface area contributed by atoms with Crippen molar-refractivity contribution in [3.8, 4) is 11.6 Å². The summed E-state index contributed by atoms with van der Waals surface area (Å²) in [6.45, 7) is 4.16. The Bertz CT molecular complexity index is 392. The van der Waals surface area contributed by atoms with Crippen molar-refractivity contribution in [1.29, 1.82) is 0 Å². The highest BCUT2D eigenvalue weighted by Crippen LogP contribution is 2.15. The molecule has 0 saturated carbocycles. The van der Waals surface area contributed by atoms with Gasteiger partial charge in [-0.15, -0.1) is 0 Å². The van der Waals surface area contributed by atoms with Crippen LogP contribution in [0.25, 0.3) is 11.6 Å². The second kappa shape index (κ2) is 3.57. The Hall–Kier alpha value is -1.71. The monoisotopic (exact) mass is 189 g/mol. The van der Waals surface area contributed by atoms with Crippen molar-refractivity contribution in [2.75, 3.05) is 0 Å². The van der Waals surface area contributed by atoms with Crippen LogP contribution in [0.3, 0.4) is 0 Å². The molecule has 0 aliphatic carbocycles. The average Bonchev–Trinajstić information content (AvgIpc) is 2.71. The number of hydrogen-bond donors (Lipinski definition) is 0. The van der Waals surface area contributed by atoms with Crippen LogP contribution in [0, 0.1) is 0 Å². The summed E-state index contributed by atoms with van der Waals surface area (Å²) in [5, 5.41) is 0. The van der Waals surface area contributed by atoms with Crippen LogP contribution >= 0.6 is 0 Å². The van der Waals surface area contributed by atoms with E-state index >= 15 is 0 Å². The topological polar surface area (TPSA) is 51.8 Å². The molecule has 0 atom stereocenters. The van der Waals surface area contributed by atoms with Gasteiger partial charge in [0.25, 0.3) is 0 Å². The second-order valence-corrected chi connectivity index (χ2v) is 3.32. The van der Waals surface area contributed by atoms with Gasteiger partial charge >= 0.3 is 0 Å². The fourth-order valence-corrected chi connectivity index (χ4v) is 1.10. The van der Waals surface area contributed by atoms with Gasteiger partial charge in [-0.1, -0.05) is 13.8 Å². The highest BCUT2D eigenvalue weighted by Gasteiger charge is 2.06. The summed E-state index contributed by atoms with van der Waals surface area (Å²) in [5.41, 5.74) is 1.64. The lowest BCUT2D eigenvalue weighted by atomic mass is 10.1. The molecule has 0 N–H and O–H groups in total. The summed E-state index contributed by atoms with van der Waals surface area (Å²) >= 11 is 0. The maximum absolute atomic E-state index is 5.11.